The zero-order valence-electron chi connectivity index (χ0n) is 19.0. The van der Waals surface area contributed by atoms with Crippen molar-refractivity contribution in [1.82, 2.24) is 0 Å². The van der Waals surface area contributed by atoms with Crippen LogP contribution in [0.25, 0.3) is 0 Å². The molecule has 0 heterocycles. The van der Waals surface area contributed by atoms with Crippen molar-refractivity contribution in [3.63, 3.8) is 0 Å². The van der Waals surface area contributed by atoms with Crippen LogP contribution in [0.1, 0.15) is 107 Å². The minimum atomic E-state index is -0.0828. The van der Waals surface area contributed by atoms with Crippen LogP contribution in [0.4, 0.5) is 0 Å². The van der Waals surface area contributed by atoms with Crippen LogP contribution in [0.3, 0.4) is 0 Å². The van der Waals surface area contributed by atoms with Gasteiger partial charge in [-0.1, -0.05) is 52.2 Å². The minimum Gasteiger partial charge on any atom is -0.461 e. The molecule has 0 atom stereocenters. The molecule has 2 heteroatoms. The summed E-state index contributed by atoms with van der Waals surface area (Å²) in [5, 5.41) is 0. The van der Waals surface area contributed by atoms with E-state index in [4.69, 9.17) is 4.74 Å². The second kappa shape index (κ2) is 10.5. The Bertz CT molecular complexity index is 620. The van der Waals surface area contributed by atoms with Crippen LogP contribution >= 0.6 is 0 Å². The van der Waals surface area contributed by atoms with Gasteiger partial charge < -0.3 is 4.74 Å². The fourth-order valence-electron chi connectivity index (χ4n) is 4.34. The summed E-state index contributed by atoms with van der Waals surface area (Å²) in [5.41, 5.74) is 6.47. The topological polar surface area (TPSA) is 26.3 Å². The van der Waals surface area contributed by atoms with Crippen molar-refractivity contribution in [3.05, 3.63) is 34.4 Å². The van der Waals surface area contributed by atoms with Crippen LogP contribution in [0.5, 0.6) is 0 Å². The number of hydrogen-bond acceptors (Lipinski definition) is 2. The number of unbranched alkanes of at least 4 members (excludes halogenated alkanes) is 4. The van der Waals surface area contributed by atoms with E-state index >= 15 is 0 Å². The Morgan fingerprint density at radius 3 is 2.29 bits per heavy atom. The van der Waals surface area contributed by atoms with Gasteiger partial charge in [-0.3, -0.25) is 4.79 Å². The second-order valence-electron chi connectivity index (χ2n) is 10.2. The highest BCUT2D eigenvalue weighted by molar-refractivity contribution is 5.40. The van der Waals surface area contributed by atoms with Crippen LogP contribution in [-0.4, -0.2) is 12.1 Å². The summed E-state index contributed by atoms with van der Waals surface area (Å²) in [7, 11) is 0. The minimum absolute atomic E-state index is 0.0828. The van der Waals surface area contributed by atoms with Crippen molar-refractivity contribution in [2.45, 2.75) is 117 Å². The highest BCUT2D eigenvalue weighted by Gasteiger charge is 2.44. The molecule has 0 saturated heterocycles. The SMILES string of the molecule is Cc1ccc(CCCCCC(C)(C)C)c(C)c1CCCCCC1(OC=O)CC1. The molecule has 0 spiro atoms. The molecule has 0 bridgehead atoms. The maximum atomic E-state index is 10.6. The molecule has 0 N–H and O–H groups in total. The maximum absolute atomic E-state index is 10.6. The van der Waals surface area contributed by atoms with Crippen LogP contribution in [-0.2, 0) is 22.4 Å². The van der Waals surface area contributed by atoms with Gasteiger partial charge in [0, 0.05) is 0 Å². The summed E-state index contributed by atoms with van der Waals surface area (Å²) in [4.78, 5) is 10.6. The van der Waals surface area contributed by atoms with Crippen molar-refractivity contribution in [1.29, 1.82) is 0 Å². The van der Waals surface area contributed by atoms with Crippen molar-refractivity contribution in [2.75, 3.05) is 0 Å². The normalized spacial score (nSPS) is 15.5. The molecule has 1 aliphatic carbocycles. The molecule has 0 aliphatic heterocycles. The molecule has 2 nitrogen and oxygen atoms in total. The average molecular weight is 387 g/mol. The van der Waals surface area contributed by atoms with Gasteiger partial charge in [0.15, 0.2) is 0 Å². The molecule has 0 unspecified atom stereocenters. The fraction of sp³-hybridized carbons (Fsp3) is 0.731. The number of rotatable bonds is 13. The molecule has 1 saturated carbocycles. The summed E-state index contributed by atoms with van der Waals surface area (Å²) < 4.78 is 5.25. The largest absolute Gasteiger partial charge is 0.461 e. The van der Waals surface area contributed by atoms with Crippen LogP contribution in [0.2, 0.25) is 0 Å². The summed E-state index contributed by atoms with van der Waals surface area (Å²) in [5.74, 6) is 0. The Morgan fingerprint density at radius 1 is 0.964 bits per heavy atom. The molecule has 1 aliphatic rings. The standard InChI is InChI=1S/C26H42O2/c1-21-14-15-23(12-8-6-10-16-25(3,4)5)22(2)24(21)13-9-7-11-17-26(18-19-26)28-20-27/h14-15,20H,6-13,16-19H2,1-5H3. The Balaban J connectivity index is 1.74. The first-order valence-corrected chi connectivity index (χ1v) is 11.5. The van der Waals surface area contributed by atoms with E-state index in [1.165, 1.54) is 68.9 Å². The Kier molecular flexibility index (Phi) is 8.58. The monoisotopic (exact) mass is 386 g/mol. The lowest BCUT2D eigenvalue weighted by atomic mass is 9.88. The molecule has 0 aromatic heterocycles. The van der Waals surface area contributed by atoms with E-state index in [9.17, 15) is 4.79 Å². The third-order valence-corrected chi connectivity index (χ3v) is 6.48. The van der Waals surface area contributed by atoms with Gasteiger partial charge >= 0.3 is 0 Å². The maximum Gasteiger partial charge on any atom is 0.293 e. The van der Waals surface area contributed by atoms with Gasteiger partial charge in [-0.05, 0) is 99.3 Å². The van der Waals surface area contributed by atoms with E-state index in [2.05, 4.69) is 46.8 Å². The average Bonchev–Trinajstić information content (AvgIpc) is 3.38. The highest BCUT2D eigenvalue weighted by Crippen LogP contribution is 2.43. The molecule has 158 valence electrons. The molecule has 28 heavy (non-hydrogen) atoms. The molecule has 2 rings (SSSR count). The molecular weight excluding hydrogens is 344 g/mol. The molecule has 1 fully saturated rings. The van der Waals surface area contributed by atoms with Gasteiger partial charge in [0.1, 0.15) is 5.60 Å². The van der Waals surface area contributed by atoms with Gasteiger partial charge in [0.25, 0.3) is 6.47 Å². The van der Waals surface area contributed by atoms with Gasteiger partial charge in [-0.15, -0.1) is 0 Å². The first-order chi connectivity index (χ1) is 13.3. The number of carbonyl (C=O) groups is 1. The number of benzene rings is 1. The molecule has 1 aromatic carbocycles. The van der Waals surface area contributed by atoms with Gasteiger partial charge in [0.2, 0.25) is 0 Å². The summed E-state index contributed by atoms with van der Waals surface area (Å²) in [6.07, 6.45) is 14.5. The van der Waals surface area contributed by atoms with Crippen LogP contribution in [0, 0.1) is 19.3 Å². The first kappa shape index (κ1) is 23.0. The number of carbonyl (C=O) groups excluding carboxylic acids is 1. The molecule has 0 radical (unpaired) electrons. The quantitative estimate of drug-likeness (QED) is 0.263. The van der Waals surface area contributed by atoms with Crippen LogP contribution in [0.15, 0.2) is 12.1 Å². The predicted molar refractivity (Wildman–Crippen MR) is 119 cm³/mol. The lowest BCUT2D eigenvalue weighted by Crippen LogP contribution is -2.12. The summed E-state index contributed by atoms with van der Waals surface area (Å²) >= 11 is 0. The highest BCUT2D eigenvalue weighted by atomic mass is 16.5. The lowest BCUT2D eigenvalue weighted by Gasteiger charge is -2.18. The summed E-state index contributed by atoms with van der Waals surface area (Å²) in [6, 6.07) is 4.68. The van der Waals surface area contributed by atoms with Gasteiger partial charge in [0.05, 0.1) is 0 Å². The van der Waals surface area contributed by atoms with Gasteiger partial charge in [-0.2, -0.15) is 0 Å². The third-order valence-electron chi connectivity index (χ3n) is 6.48. The van der Waals surface area contributed by atoms with E-state index < -0.39 is 0 Å². The smallest absolute Gasteiger partial charge is 0.293 e. The molecule has 1 aromatic rings. The van der Waals surface area contributed by atoms with E-state index in [1.807, 2.05) is 0 Å². The van der Waals surface area contributed by atoms with Crippen molar-refractivity contribution in [2.24, 2.45) is 5.41 Å². The van der Waals surface area contributed by atoms with E-state index in [0.717, 1.165) is 19.3 Å². The Hall–Kier alpha value is -1.31. The summed E-state index contributed by atoms with van der Waals surface area (Å²) in [6.45, 7) is 12.2. The number of aryl methyl sites for hydroxylation is 2. The molecule has 0 amide bonds. The Morgan fingerprint density at radius 2 is 1.64 bits per heavy atom. The van der Waals surface area contributed by atoms with Crippen molar-refractivity contribution >= 4 is 6.47 Å². The third kappa shape index (κ3) is 7.60. The fourth-order valence-corrected chi connectivity index (χ4v) is 4.34. The predicted octanol–water partition coefficient (Wildman–Crippen LogP) is 7.26. The van der Waals surface area contributed by atoms with E-state index in [0.29, 0.717) is 11.9 Å². The Labute approximate surface area is 173 Å². The van der Waals surface area contributed by atoms with E-state index in [-0.39, 0.29) is 5.60 Å². The number of ether oxygens (including phenoxy) is 1. The molecular formula is C26H42O2. The zero-order chi connectivity index (χ0) is 20.6. The van der Waals surface area contributed by atoms with E-state index in [1.54, 1.807) is 11.1 Å². The van der Waals surface area contributed by atoms with Crippen molar-refractivity contribution in [3.8, 4) is 0 Å². The zero-order valence-corrected chi connectivity index (χ0v) is 19.0. The number of hydrogen-bond donors (Lipinski definition) is 0. The van der Waals surface area contributed by atoms with Crippen LogP contribution < -0.4 is 0 Å². The second-order valence-corrected chi connectivity index (χ2v) is 10.2. The van der Waals surface area contributed by atoms with Gasteiger partial charge in [-0.25, -0.2) is 0 Å². The lowest BCUT2D eigenvalue weighted by molar-refractivity contribution is -0.135. The first-order valence-electron chi connectivity index (χ1n) is 11.5. The van der Waals surface area contributed by atoms with Crippen molar-refractivity contribution < 1.29 is 9.53 Å².